The zero-order chi connectivity index (χ0) is 19.7. The summed E-state index contributed by atoms with van der Waals surface area (Å²) in [5, 5.41) is 0. The van der Waals surface area contributed by atoms with Gasteiger partial charge in [0.25, 0.3) is 0 Å². The SMILES string of the molecule is CC(=O)c1cc2c3c(c1)[C@H]1C=CC[C@@H]1[C@H](c1ccc(Br)cc1)N3C[C@H]1CC=C[C@H]21. The third-order valence-electron chi connectivity index (χ3n) is 7.47. The highest BCUT2D eigenvalue weighted by Gasteiger charge is 2.47. The van der Waals surface area contributed by atoms with E-state index in [9.17, 15) is 4.79 Å². The van der Waals surface area contributed by atoms with Crippen molar-refractivity contribution in [2.75, 3.05) is 11.4 Å². The number of nitrogens with zero attached hydrogens (tertiary/aromatic N) is 1. The standard InChI is InChI=1S/C26H24BrNO/c1-15(29)18-12-23-20-5-2-4-17(20)14-28-25(16-8-10-19(27)11-9-16)22-7-3-6-21(22)24(13-18)26(23)28/h2-3,5-6,8-13,17,20-22,25H,4,7,14H2,1H3/t17-,20+,21+,22+,25+/m1/s1. The maximum Gasteiger partial charge on any atom is 0.159 e. The molecule has 0 radical (unpaired) electrons. The van der Waals surface area contributed by atoms with Gasteiger partial charge in [-0.2, -0.15) is 0 Å². The van der Waals surface area contributed by atoms with Crippen LogP contribution in [0.15, 0.2) is 65.2 Å². The summed E-state index contributed by atoms with van der Waals surface area (Å²) in [6.07, 6.45) is 11.7. The molecule has 2 aliphatic heterocycles. The summed E-state index contributed by atoms with van der Waals surface area (Å²) in [6, 6.07) is 13.7. The fourth-order valence-electron chi connectivity index (χ4n) is 6.22. The summed E-state index contributed by atoms with van der Waals surface area (Å²) < 4.78 is 1.13. The van der Waals surface area contributed by atoms with Crippen LogP contribution in [-0.2, 0) is 0 Å². The molecule has 2 nitrogen and oxygen atoms in total. The molecule has 0 aromatic heterocycles. The number of fused-ring (bicyclic) bond motifs is 4. The first-order valence-electron chi connectivity index (χ1n) is 10.7. The second-order valence-electron chi connectivity index (χ2n) is 9.01. The molecule has 29 heavy (non-hydrogen) atoms. The molecule has 146 valence electrons. The largest absolute Gasteiger partial charge is 0.363 e. The van der Waals surface area contributed by atoms with Crippen molar-refractivity contribution in [2.45, 2.75) is 37.6 Å². The van der Waals surface area contributed by atoms with Crippen LogP contribution in [0.1, 0.15) is 64.7 Å². The Hall–Kier alpha value is -2.13. The van der Waals surface area contributed by atoms with E-state index in [-0.39, 0.29) is 5.78 Å². The van der Waals surface area contributed by atoms with Crippen LogP contribution in [0, 0.1) is 11.8 Å². The lowest BCUT2D eigenvalue weighted by Crippen LogP contribution is -2.46. The van der Waals surface area contributed by atoms with Crippen molar-refractivity contribution >= 4 is 27.4 Å². The van der Waals surface area contributed by atoms with Gasteiger partial charge in [0.1, 0.15) is 0 Å². The van der Waals surface area contributed by atoms with Crippen LogP contribution in [0.2, 0.25) is 0 Å². The first-order valence-corrected chi connectivity index (χ1v) is 11.5. The minimum atomic E-state index is 0.174. The molecule has 2 aromatic carbocycles. The van der Waals surface area contributed by atoms with Crippen LogP contribution < -0.4 is 4.90 Å². The lowest BCUT2D eigenvalue weighted by atomic mass is 9.70. The van der Waals surface area contributed by atoms with Gasteiger partial charge in [0.2, 0.25) is 0 Å². The van der Waals surface area contributed by atoms with E-state index in [1.807, 2.05) is 0 Å². The maximum atomic E-state index is 12.3. The van der Waals surface area contributed by atoms with Gasteiger partial charge in [0.05, 0.1) is 6.04 Å². The van der Waals surface area contributed by atoms with E-state index in [0.29, 0.717) is 29.7 Å². The predicted molar refractivity (Wildman–Crippen MR) is 121 cm³/mol. The third-order valence-corrected chi connectivity index (χ3v) is 8.00. The van der Waals surface area contributed by atoms with Crippen molar-refractivity contribution in [2.24, 2.45) is 11.8 Å². The van der Waals surface area contributed by atoms with E-state index in [4.69, 9.17) is 0 Å². The van der Waals surface area contributed by atoms with Crippen LogP contribution in [0.3, 0.4) is 0 Å². The number of allylic oxidation sites excluding steroid dienone is 4. The number of hydrogen-bond acceptors (Lipinski definition) is 2. The normalized spacial score (nSPS) is 30.8. The maximum absolute atomic E-state index is 12.3. The fourth-order valence-corrected chi connectivity index (χ4v) is 6.48. The topological polar surface area (TPSA) is 20.3 Å². The molecule has 0 fully saturated rings. The fraction of sp³-hybridized carbons (Fsp3) is 0.346. The van der Waals surface area contributed by atoms with Gasteiger partial charge in [-0.1, -0.05) is 52.4 Å². The molecule has 0 spiro atoms. The van der Waals surface area contributed by atoms with Crippen LogP contribution in [0.25, 0.3) is 0 Å². The Kier molecular flexibility index (Phi) is 3.93. The lowest BCUT2D eigenvalue weighted by Gasteiger charge is -2.51. The number of carbonyl (C=O) groups is 1. The number of hydrogen-bond donors (Lipinski definition) is 0. The van der Waals surface area contributed by atoms with Crippen molar-refractivity contribution in [3.63, 3.8) is 0 Å². The van der Waals surface area contributed by atoms with Crippen molar-refractivity contribution in [3.8, 4) is 0 Å². The lowest BCUT2D eigenvalue weighted by molar-refractivity contribution is 0.101. The van der Waals surface area contributed by atoms with Gasteiger partial charge in [-0.25, -0.2) is 0 Å². The monoisotopic (exact) mass is 445 g/mol. The second-order valence-corrected chi connectivity index (χ2v) is 9.93. The van der Waals surface area contributed by atoms with Gasteiger partial charge in [0, 0.05) is 34.1 Å². The Morgan fingerprint density at radius 2 is 1.69 bits per heavy atom. The average molecular weight is 446 g/mol. The Morgan fingerprint density at radius 3 is 2.45 bits per heavy atom. The van der Waals surface area contributed by atoms with Gasteiger partial charge in [-0.15, -0.1) is 0 Å². The molecule has 0 saturated carbocycles. The second kappa shape index (κ2) is 6.43. The molecule has 6 rings (SSSR count). The molecule has 2 aromatic rings. The van der Waals surface area contributed by atoms with E-state index in [0.717, 1.165) is 29.4 Å². The van der Waals surface area contributed by atoms with Crippen molar-refractivity contribution in [1.82, 2.24) is 0 Å². The summed E-state index contributed by atoms with van der Waals surface area (Å²) in [4.78, 5) is 15.0. The van der Waals surface area contributed by atoms with Crippen molar-refractivity contribution in [1.29, 1.82) is 0 Å². The van der Waals surface area contributed by atoms with E-state index < -0.39 is 0 Å². The van der Waals surface area contributed by atoms with E-state index in [2.05, 4.69) is 81.5 Å². The number of anilines is 1. The van der Waals surface area contributed by atoms with Gasteiger partial charge < -0.3 is 4.90 Å². The Bertz CT molecular complexity index is 1050. The summed E-state index contributed by atoms with van der Waals surface area (Å²) >= 11 is 3.60. The van der Waals surface area contributed by atoms with Crippen LogP contribution >= 0.6 is 15.9 Å². The van der Waals surface area contributed by atoms with Crippen molar-refractivity contribution < 1.29 is 4.79 Å². The van der Waals surface area contributed by atoms with E-state index in [1.54, 1.807) is 6.92 Å². The van der Waals surface area contributed by atoms with Crippen LogP contribution in [0.5, 0.6) is 0 Å². The molecule has 0 bridgehead atoms. The first kappa shape index (κ1) is 17.7. The molecule has 4 aliphatic rings. The molecule has 2 heterocycles. The molecular formula is C26H24BrNO. The summed E-state index contributed by atoms with van der Waals surface area (Å²) in [7, 11) is 0. The first-order chi connectivity index (χ1) is 14.1. The number of rotatable bonds is 2. The average Bonchev–Trinajstić information content (AvgIpc) is 3.38. The molecule has 0 unspecified atom stereocenters. The van der Waals surface area contributed by atoms with Gasteiger partial charge in [0.15, 0.2) is 5.78 Å². The highest BCUT2D eigenvalue weighted by atomic mass is 79.9. The van der Waals surface area contributed by atoms with Gasteiger partial charge >= 0.3 is 0 Å². The molecule has 0 N–H and O–H groups in total. The molecule has 0 amide bonds. The molecule has 5 atom stereocenters. The number of ketones is 1. The summed E-state index contributed by atoms with van der Waals surface area (Å²) in [6.45, 7) is 2.80. The molecule has 0 saturated heterocycles. The van der Waals surface area contributed by atoms with E-state index in [1.165, 1.54) is 22.4 Å². The highest BCUT2D eigenvalue weighted by molar-refractivity contribution is 9.10. The smallest absolute Gasteiger partial charge is 0.159 e. The quantitative estimate of drug-likeness (QED) is 0.385. The number of Topliss-reactive ketones (excluding diaryl/α,β-unsaturated/α-hetero) is 1. The zero-order valence-electron chi connectivity index (χ0n) is 16.5. The number of halogens is 1. The van der Waals surface area contributed by atoms with Gasteiger partial charge in [-0.3, -0.25) is 4.79 Å². The summed E-state index contributed by atoms with van der Waals surface area (Å²) in [5.74, 6) is 2.17. The van der Waals surface area contributed by atoms with Gasteiger partial charge in [-0.05, 0) is 72.6 Å². The van der Waals surface area contributed by atoms with Crippen LogP contribution in [-0.4, -0.2) is 12.3 Å². The highest BCUT2D eigenvalue weighted by Crippen LogP contribution is 2.58. The predicted octanol–water partition coefficient (Wildman–Crippen LogP) is 6.55. The van der Waals surface area contributed by atoms with Crippen LogP contribution in [0.4, 0.5) is 5.69 Å². The summed E-state index contributed by atoms with van der Waals surface area (Å²) in [5.41, 5.74) is 6.44. The Morgan fingerprint density at radius 1 is 1.00 bits per heavy atom. The minimum Gasteiger partial charge on any atom is -0.363 e. The Balaban J connectivity index is 1.59. The zero-order valence-corrected chi connectivity index (χ0v) is 18.1. The molecular weight excluding hydrogens is 422 g/mol. The van der Waals surface area contributed by atoms with Crippen molar-refractivity contribution in [3.05, 3.63) is 87.4 Å². The molecule has 2 aliphatic carbocycles. The number of carbonyl (C=O) groups excluding carboxylic acids is 1. The molecule has 3 heteroatoms. The number of benzene rings is 2. The third kappa shape index (κ3) is 2.56. The van der Waals surface area contributed by atoms with E-state index >= 15 is 0 Å². The Labute approximate surface area is 180 Å². The minimum absolute atomic E-state index is 0.174.